The normalized spacial score (nSPS) is 12.3. The van der Waals surface area contributed by atoms with Gasteiger partial charge in [-0.3, -0.25) is 9.36 Å². The van der Waals surface area contributed by atoms with Crippen LogP contribution >= 0.6 is 7.60 Å². The van der Waals surface area contributed by atoms with Crippen LogP contribution in [-0.4, -0.2) is 36.4 Å². The van der Waals surface area contributed by atoms with E-state index in [1.54, 1.807) is 4.72 Å². The zero-order chi connectivity index (χ0) is 25.0. The molecule has 0 aliphatic carbocycles. The van der Waals surface area contributed by atoms with E-state index in [0.717, 1.165) is 42.5 Å². The molecule has 0 aliphatic rings. The average molecular weight is 504 g/mol. The van der Waals surface area contributed by atoms with Gasteiger partial charge in [0.15, 0.2) is 23.3 Å². The van der Waals surface area contributed by atoms with Gasteiger partial charge in [0, 0.05) is 5.57 Å². The summed E-state index contributed by atoms with van der Waals surface area (Å²) in [5.74, 6) is -4.38. The Balaban J connectivity index is 2.22. The number of hydrogen-bond donors (Lipinski definition) is 5. The fourth-order valence-corrected chi connectivity index (χ4v) is 4.35. The van der Waals surface area contributed by atoms with Crippen LogP contribution in [0.25, 0.3) is 6.08 Å². The van der Waals surface area contributed by atoms with Crippen molar-refractivity contribution in [1.82, 2.24) is 4.72 Å². The van der Waals surface area contributed by atoms with Crippen LogP contribution in [0.5, 0.6) is 11.5 Å². The molecule has 11 nitrogen and oxygen atoms in total. The number of nitrogens with two attached hydrogens (primary N) is 2. The Morgan fingerprint density at radius 3 is 2.21 bits per heavy atom. The third-order valence-electron chi connectivity index (χ3n) is 3.79. The molecule has 178 valence electrons. The van der Waals surface area contributed by atoms with Crippen LogP contribution in [0.15, 0.2) is 51.9 Å². The van der Waals surface area contributed by atoms with Crippen molar-refractivity contribution in [2.45, 2.75) is 11.8 Å². The second-order valence-corrected chi connectivity index (χ2v) is 9.94. The molecule has 0 radical (unpaired) electrons. The fraction of sp³-hybridized carbons (Fsp3) is 0.111. The topological polar surface area (TPSA) is 194 Å². The number of guanidine groups is 1. The molecule has 0 atom stereocenters. The maximum Gasteiger partial charge on any atom is 0.340 e. The van der Waals surface area contributed by atoms with Gasteiger partial charge in [-0.25, -0.2) is 17.2 Å². The molecule has 2 aromatic rings. The van der Waals surface area contributed by atoms with Crippen molar-refractivity contribution < 1.29 is 41.1 Å². The first-order valence-electron chi connectivity index (χ1n) is 8.81. The number of carbonyl (C=O) groups is 1. The molecule has 0 saturated carbocycles. The van der Waals surface area contributed by atoms with E-state index in [1.807, 2.05) is 0 Å². The summed E-state index contributed by atoms with van der Waals surface area (Å²) < 4.78 is 70.6. The summed E-state index contributed by atoms with van der Waals surface area (Å²) in [5.41, 5.74) is 10.2. The molecule has 1 amide bonds. The number of nitrogens with zero attached hydrogens (tertiary/aromatic N) is 1. The van der Waals surface area contributed by atoms with Crippen LogP contribution in [0.3, 0.4) is 0 Å². The first-order valence-corrected chi connectivity index (χ1v) is 12.1. The molecule has 0 heterocycles. The van der Waals surface area contributed by atoms with Gasteiger partial charge in [-0.15, -0.1) is 0 Å². The van der Waals surface area contributed by atoms with E-state index in [-0.39, 0.29) is 21.8 Å². The Bertz CT molecular complexity index is 1250. The van der Waals surface area contributed by atoms with Crippen molar-refractivity contribution in [3.8, 4) is 11.5 Å². The quantitative estimate of drug-likeness (QED) is 0.153. The summed E-state index contributed by atoms with van der Waals surface area (Å²) in [4.78, 5) is 32.2. The van der Waals surface area contributed by atoms with E-state index < -0.39 is 53.2 Å². The summed E-state index contributed by atoms with van der Waals surface area (Å²) in [6.07, 6.45) is 0.0663. The summed E-state index contributed by atoms with van der Waals surface area (Å²) in [5, 5.41) is 0. The number of hydrogen-bond acceptors (Lipinski definition) is 5. The van der Waals surface area contributed by atoms with Gasteiger partial charge in [0.05, 0.1) is 4.90 Å². The Hall–Kier alpha value is -3.16. The summed E-state index contributed by atoms with van der Waals surface area (Å²) in [6, 6.07) is 6.02. The highest BCUT2D eigenvalue weighted by Gasteiger charge is 2.21. The standard InChI is InChI=1S/C18H19F2N4O7PS/c1-10(17(25)24-18(21)22)6-11-7-14(19)16(15(20)8-11)31-12-2-4-13(5-3-12)33(29,30)23-9-32(26,27)28/h2-8,23H,9H2,1H3,(H2,26,27,28)(H4,21,22,24,25)/b10-6+. The number of carbonyl (C=O) groups excluding carboxylic acids is 1. The SMILES string of the molecule is C/C(=C\c1cc(F)c(Oc2ccc(S(=O)(=O)NCP(=O)(O)O)cc2)c(F)c1)C(=O)N=C(N)N. The molecule has 0 bridgehead atoms. The molecule has 0 aromatic heterocycles. The largest absolute Gasteiger partial charge is 0.451 e. The lowest BCUT2D eigenvalue weighted by atomic mass is 10.1. The molecule has 33 heavy (non-hydrogen) atoms. The maximum absolute atomic E-state index is 14.4. The fourth-order valence-electron chi connectivity index (χ4n) is 2.33. The van der Waals surface area contributed by atoms with E-state index >= 15 is 0 Å². The molecule has 7 N–H and O–H groups in total. The van der Waals surface area contributed by atoms with Gasteiger partial charge in [0.25, 0.3) is 5.91 Å². The molecule has 0 unspecified atom stereocenters. The number of sulfonamides is 1. The van der Waals surface area contributed by atoms with Gasteiger partial charge in [-0.2, -0.15) is 9.71 Å². The van der Waals surface area contributed by atoms with Crippen LogP contribution in [-0.2, 0) is 19.4 Å². The second-order valence-electron chi connectivity index (χ2n) is 6.53. The number of benzene rings is 2. The lowest BCUT2D eigenvalue weighted by molar-refractivity contribution is -0.114. The minimum atomic E-state index is -4.61. The highest BCUT2D eigenvalue weighted by molar-refractivity contribution is 7.89. The smallest absolute Gasteiger partial charge is 0.340 e. The lowest BCUT2D eigenvalue weighted by Gasteiger charge is -2.11. The van der Waals surface area contributed by atoms with Gasteiger partial charge in [-0.05, 0) is 55.0 Å². The van der Waals surface area contributed by atoms with Crippen molar-refractivity contribution in [1.29, 1.82) is 0 Å². The van der Waals surface area contributed by atoms with Crippen LogP contribution in [0.2, 0.25) is 0 Å². The molecule has 2 aromatic carbocycles. The Morgan fingerprint density at radius 1 is 1.18 bits per heavy atom. The number of halogens is 2. The molecular weight excluding hydrogens is 485 g/mol. The summed E-state index contributed by atoms with van der Waals surface area (Å²) >= 11 is 0. The van der Waals surface area contributed by atoms with Crippen LogP contribution in [0.1, 0.15) is 12.5 Å². The molecule has 0 saturated heterocycles. The van der Waals surface area contributed by atoms with Crippen molar-refractivity contribution in [3.05, 3.63) is 59.2 Å². The molecule has 0 spiro atoms. The van der Waals surface area contributed by atoms with Crippen LogP contribution < -0.4 is 20.9 Å². The first-order chi connectivity index (χ1) is 15.2. The molecule has 0 fully saturated rings. The van der Waals surface area contributed by atoms with Gasteiger partial charge in [0.1, 0.15) is 12.0 Å². The monoisotopic (exact) mass is 504 g/mol. The number of rotatable bonds is 8. The molecular formula is C18H19F2N4O7PS. The number of ether oxygens (including phenoxy) is 1. The zero-order valence-corrected chi connectivity index (χ0v) is 18.6. The zero-order valence-electron chi connectivity index (χ0n) is 16.9. The third-order valence-corrected chi connectivity index (χ3v) is 5.99. The average Bonchev–Trinajstić information content (AvgIpc) is 2.68. The van der Waals surface area contributed by atoms with Crippen LogP contribution in [0, 0.1) is 11.6 Å². The Labute approximate surface area is 187 Å². The minimum absolute atomic E-state index is 0.00781. The van der Waals surface area contributed by atoms with Gasteiger partial charge in [-0.1, -0.05) is 0 Å². The van der Waals surface area contributed by atoms with Crippen molar-refractivity contribution in [2.24, 2.45) is 16.5 Å². The number of aliphatic imine (C=N–C) groups is 1. The van der Waals surface area contributed by atoms with E-state index in [0.29, 0.717) is 0 Å². The molecule has 15 heteroatoms. The predicted octanol–water partition coefficient (Wildman–Crippen LogP) is 1.37. The Kier molecular flexibility index (Phi) is 8.06. The van der Waals surface area contributed by atoms with Gasteiger partial charge >= 0.3 is 7.60 Å². The summed E-state index contributed by atoms with van der Waals surface area (Å²) in [6.45, 7) is 1.35. The van der Waals surface area contributed by atoms with Crippen molar-refractivity contribution in [3.63, 3.8) is 0 Å². The summed E-state index contributed by atoms with van der Waals surface area (Å²) in [7, 11) is -8.85. The third kappa shape index (κ3) is 7.73. The van der Waals surface area contributed by atoms with E-state index in [9.17, 15) is 26.6 Å². The number of nitrogens with one attached hydrogen (secondary N) is 1. The van der Waals surface area contributed by atoms with Crippen LogP contribution in [0.4, 0.5) is 8.78 Å². The number of amides is 1. The van der Waals surface area contributed by atoms with E-state index in [2.05, 4.69) is 4.99 Å². The first kappa shape index (κ1) is 26.1. The van der Waals surface area contributed by atoms with E-state index in [1.165, 1.54) is 6.92 Å². The molecule has 0 aliphatic heterocycles. The highest BCUT2D eigenvalue weighted by Crippen LogP contribution is 2.33. The molecule has 2 rings (SSSR count). The van der Waals surface area contributed by atoms with Crippen molar-refractivity contribution >= 4 is 35.6 Å². The van der Waals surface area contributed by atoms with E-state index in [4.69, 9.17) is 26.0 Å². The lowest BCUT2D eigenvalue weighted by Crippen LogP contribution is -2.24. The Morgan fingerprint density at radius 2 is 1.73 bits per heavy atom. The highest BCUT2D eigenvalue weighted by atomic mass is 32.2. The van der Waals surface area contributed by atoms with Gasteiger partial charge < -0.3 is 26.0 Å². The minimum Gasteiger partial charge on any atom is -0.451 e. The second kappa shape index (κ2) is 10.2. The predicted molar refractivity (Wildman–Crippen MR) is 115 cm³/mol. The van der Waals surface area contributed by atoms with Gasteiger partial charge in [0.2, 0.25) is 10.0 Å². The van der Waals surface area contributed by atoms with Crippen molar-refractivity contribution in [2.75, 3.05) is 6.29 Å². The maximum atomic E-state index is 14.4.